The molecule has 0 unspecified atom stereocenters. The highest BCUT2D eigenvalue weighted by Gasteiger charge is 2.08. The summed E-state index contributed by atoms with van der Waals surface area (Å²) in [6.07, 6.45) is 0. The maximum Gasteiger partial charge on any atom is 0.272 e. The number of hydrogen-bond donors (Lipinski definition) is 2. The molecule has 6 heteroatoms. The van der Waals surface area contributed by atoms with Gasteiger partial charge in [-0.3, -0.25) is 4.79 Å². The molecule has 1 heterocycles. The molecule has 1 amide bonds. The first-order valence-electron chi connectivity index (χ1n) is 5.74. The summed E-state index contributed by atoms with van der Waals surface area (Å²) in [7, 11) is 1.75. The Hall–Kier alpha value is -1.95. The number of halogens is 1. The van der Waals surface area contributed by atoms with E-state index in [9.17, 15) is 4.79 Å². The summed E-state index contributed by atoms with van der Waals surface area (Å²) in [6.45, 7) is 0.440. The minimum atomic E-state index is -0.245. The number of aromatic nitrogens is 2. The first-order chi connectivity index (χ1) is 9.20. The molecule has 5 nitrogen and oxygen atoms in total. The minimum Gasteiger partial charge on any atom is -0.372 e. The van der Waals surface area contributed by atoms with Gasteiger partial charge in [0.2, 0.25) is 0 Å². The lowest BCUT2D eigenvalue weighted by atomic mass is 10.2. The summed E-state index contributed by atoms with van der Waals surface area (Å²) in [5.41, 5.74) is 1.31. The summed E-state index contributed by atoms with van der Waals surface area (Å²) in [5.74, 6) is 0.383. The number of hydrogen-bond acceptors (Lipinski definition) is 4. The molecule has 0 aliphatic rings. The highest BCUT2D eigenvalue weighted by Crippen LogP contribution is 2.15. The van der Waals surface area contributed by atoms with E-state index in [0.717, 1.165) is 10.0 Å². The number of amides is 1. The Kier molecular flexibility index (Phi) is 4.46. The lowest BCUT2D eigenvalue weighted by Crippen LogP contribution is -2.24. The van der Waals surface area contributed by atoms with Crippen molar-refractivity contribution < 1.29 is 4.79 Å². The zero-order valence-corrected chi connectivity index (χ0v) is 11.9. The van der Waals surface area contributed by atoms with Crippen molar-refractivity contribution in [3.05, 3.63) is 52.1 Å². The van der Waals surface area contributed by atoms with E-state index in [1.165, 1.54) is 0 Å². The van der Waals surface area contributed by atoms with E-state index in [4.69, 9.17) is 0 Å². The van der Waals surface area contributed by atoms with Crippen LogP contribution in [0.5, 0.6) is 0 Å². The molecule has 0 radical (unpaired) electrons. The first kappa shape index (κ1) is 13.5. The molecule has 0 fully saturated rings. The molecule has 98 valence electrons. The predicted octanol–water partition coefficient (Wildman–Crippen LogP) is 2.21. The summed E-state index contributed by atoms with van der Waals surface area (Å²) in [4.78, 5) is 11.9. The molecular weight excluding hydrogens is 308 g/mol. The van der Waals surface area contributed by atoms with Crippen LogP contribution in [-0.2, 0) is 6.54 Å². The van der Waals surface area contributed by atoms with Crippen LogP contribution in [0.3, 0.4) is 0 Å². The van der Waals surface area contributed by atoms with Crippen LogP contribution >= 0.6 is 15.9 Å². The topological polar surface area (TPSA) is 66.9 Å². The van der Waals surface area contributed by atoms with Crippen LogP contribution in [0.4, 0.5) is 5.82 Å². The quantitative estimate of drug-likeness (QED) is 0.906. The fourth-order valence-electron chi connectivity index (χ4n) is 1.49. The van der Waals surface area contributed by atoms with Gasteiger partial charge in [-0.2, -0.15) is 0 Å². The van der Waals surface area contributed by atoms with E-state index >= 15 is 0 Å². The number of nitrogens with zero attached hydrogens (tertiary/aromatic N) is 2. The van der Waals surface area contributed by atoms with E-state index < -0.39 is 0 Å². The summed E-state index contributed by atoms with van der Waals surface area (Å²) in [6, 6.07) is 11.1. The monoisotopic (exact) mass is 320 g/mol. The van der Waals surface area contributed by atoms with Gasteiger partial charge in [0.05, 0.1) is 0 Å². The Morgan fingerprint density at radius 1 is 1.21 bits per heavy atom. The van der Waals surface area contributed by atoms with Crippen molar-refractivity contribution in [1.82, 2.24) is 15.5 Å². The molecule has 0 bridgehead atoms. The highest BCUT2D eigenvalue weighted by molar-refractivity contribution is 9.10. The van der Waals surface area contributed by atoms with Crippen LogP contribution < -0.4 is 10.6 Å². The van der Waals surface area contributed by atoms with E-state index in [1.54, 1.807) is 19.2 Å². The van der Waals surface area contributed by atoms with Crippen molar-refractivity contribution in [2.24, 2.45) is 0 Å². The second-order valence-corrected chi connectivity index (χ2v) is 4.68. The predicted molar refractivity (Wildman–Crippen MR) is 76.9 cm³/mol. The van der Waals surface area contributed by atoms with Crippen molar-refractivity contribution in [3.8, 4) is 0 Å². The van der Waals surface area contributed by atoms with Gasteiger partial charge in [-0.25, -0.2) is 0 Å². The number of carbonyl (C=O) groups excluding carboxylic acids is 1. The van der Waals surface area contributed by atoms with E-state index in [-0.39, 0.29) is 5.91 Å². The number of anilines is 1. The number of carbonyl (C=O) groups is 1. The van der Waals surface area contributed by atoms with E-state index in [0.29, 0.717) is 18.1 Å². The molecule has 0 aliphatic carbocycles. The van der Waals surface area contributed by atoms with Crippen LogP contribution in [0.15, 0.2) is 40.9 Å². The number of nitrogens with one attached hydrogen (secondary N) is 2. The smallest absolute Gasteiger partial charge is 0.272 e. The van der Waals surface area contributed by atoms with Crippen LogP contribution in [0.25, 0.3) is 0 Å². The van der Waals surface area contributed by atoms with Crippen LogP contribution in [0, 0.1) is 0 Å². The maximum atomic E-state index is 11.9. The molecule has 2 aromatic rings. The normalized spacial score (nSPS) is 10.0. The Labute approximate surface area is 119 Å². The Balaban J connectivity index is 1.99. The van der Waals surface area contributed by atoms with Gasteiger partial charge in [0.15, 0.2) is 5.69 Å². The molecule has 2 rings (SSSR count). The SMILES string of the molecule is CNc1ccc(C(=O)NCc2ccccc2Br)nn1. The van der Waals surface area contributed by atoms with Crippen molar-refractivity contribution in [2.45, 2.75) is 6.54 Å². The molecule has 19 heavy (non-hydrogen) atoms. The maximum absolute atomic E-state index is 11.9. The summed E-state index contributed by atoms with van der Waals surface area (Å²) >= 11 is 3.43. The third-order valence-electron chi connectivity index (χ3n) is 2.55. The fourth-order valence-corrected chi connectivity index (χ4v) is 1.92. The average molecular weight is 321 g/mol. The van der Waals surface area contributed by atoms with Gasteiger partial charge in [0.25, 0.3) is 5.91 Å². The number of rotatable bonds is 4. The Morgan fingerprint density at radius 2 is 2.00 bits per heavy atom. The van der Waals surface area contributed by atoms with Gasteiger partial charge in [-0.05, 0) is 23.8 Å². The fraction of sp³-hybridized carbons (Fsp3) is 0.154. The molecule has 0 saturated heterocycles. The van der Waals surface area contributed by atoms with Crippen molar-refractivity contribution in [3.63, 3.8) is 0 Å². The van der Waals surface area contributed by atoms with Crippen molar-refractivity contribution in [1.29, 1.82) is 0 Å². The second-order valence-electron chi connectivity index (χ2n) is 3.83. The van der Waals surface area contributed by atoms with E-state index in [2.05, 4.69) is 36.8 Å². The third-order valence-corrected chi connectivity index (χ3v) is 3.32. The number of benzene rings is 1. The average Bonchev–Trinajstić information content (AvgIpc) is 2.46. The van der Waals surface area contributed by atoms with E-state index in [1.807, 2.05) is 24.3 Å². The Morgan fingerprint density at radius 3 is 2.63 bits per heavy atom. The summed E-state index contributed by atoms with van der Waals surface area (Å²) < 4.78 is 0.965. The van der Waals surface area contributed by atoms with Gasteiger partial charge in [-0.15, -0.1) is 10.2 Å². The lowest BCUT2D eigenvalue weighted by molar-refractivity contribution is 0.0945. The minimum absolute atomic E-state index is 0.245. The molecular formula is C13H13BrN4O. The van der Waals surface area contributed by atoms with Crippen molar-refractivity contribution >= 4 is 27.7 Å². The van der Waals surface area contributed by atoms with Gasteiger partial charge >= 0.3 is 0 Å². The highest BCUT2D eigenvalue weighted by atomic mass is 79.9. The van der Waals surface area contributed by atoms with Crippen LogP contribution in [-0.4, -0.2) is 23.2 Å². The van der Waals surface area contributed by atoms with Gasteiger partial charge in [0.1, 0.15) is 5.82 Å². The zero-order chi connectivity index (χ0) is 13.7. The van der Waals surface area contributed by atoms with Crippen LogP contribution in [0.1, 0.15) is 16.1 Å². The molecule has 0 saturated carbocycles. The molecule has 1 aromatic heterocycles. The van der Waals surface area contributed by atoms with Gasteiger partial charge < -0.3 is 10.6 Å². The first-order valence-corrected chi connectivity index (χ1v) is 6.53. The zero-order valence-electron chi connectivity index (χ0n) is 10.4. The molecule has 2 N–H and O–H groups in total. The second kappa shape index (κ2) is 6.29. The van der Waals surface area contributed by atoms with Crippen LogP contribution in [0.2, 0.25) is 0 Å². The molecule has 0 atom stereocenters. The largest absolute Gasteiger partial charge is 0.372 e. The standard InChI is InChI=1S/C13H13BrN4O/c1-15-12-7-6-11(17-18-12)13(19)16-8-9-4-2-3-5-10(9)14/h2-7H,8H2,1H3,(H,15,18)(H,16,19). The third kappa shape index (κ3) is 3.51. The molecule has 0 spiro atoms. The van der Waals surface area contributed by atoms with Crippen molar-refractivity contribution in [2.75, 3.05) is 12.4 Å². The van der Waals surface area contributed by atoms with Gasteiger partial charge in [0, 0.05) is 18.1 Å². The Bertz CT molecular complexity index is 571. The molecule has 1 aromatic carbocycles. The van der Waals surface area contributed by atoms with Gasteiger partial charge in [-0.1, -0.05) is 34.1 Å². The summed E-state index contributed by atoms with van der Waals surface area (Å²) in [5, 5.41) is 13.4. The lowest BCUT2D eigenvalue weighted by Gasteiger charge is -2.06. The molecule has 0 aliphatic heterocycles.